The van der Waals surface area contributed by atoms with Crippen molar-refractivity contribution in [3.8, 4) is 0 Å². The number of hydrogen-bond donors (Lipinski definition) is 1. The fourth-order valence-corrected chi connectivity index (χ4v) is 2.77. The van der Waals surface area contributed by atoms with Crippen molar-refractivity contribution in [1.82, 2.24) is 5.06 Å². The van der Waals surface area contributed by atoms with Crippen molar-refractivity contribution >= 4 is 5.97 Å². The predicted molar refractivity (Wildman–Crippen MR) is 61.4 cm³/mol. The molecular weight excluding hydrogens is 222 g/mol. The molecule has 0 aromatic rings. The largest absolute Gasteiger partial charge is 0.466 e. The lowest BCUT2D eigenvalue weighted by Crippen LogP contribution is -2.66. The molecule has 1 heterocycles. The minimum Gasteiger partial charge on any atom is -0.466 e. The Morgan fingerprint density at radius 2 is 1.94 bits per heavy atom. The minimum absolute atomic E-state index is 0.250. The van der Waals surface area contributed by atoms with E-state index in [1.807, 2.05) is 0 Å². The average Bonchev–Trinajstić information content (AvgIpc) is 2.13. The molecule has 1 radical (unpaired) electrons. The van der Waals surface area contributed by atoms with Gasteiger partial charge in [-0.05, 0) is 41.0 Å². The molecule has 2 atom stereocenters. The highest BCUT2D eigenvalue weighted by molar-refractivity contribution is 5.75. The van der Waals surface area contributed by atoms with Crippen molar-refractivity contribution in [3.05, 3.63) is 0 Å². The van der Waals surface area contributed by atoms with Crippen LogP contribution in [-0.2, 0) is 14.7 Å². The maximum Gasteiger partial charge on any atom is 0.313 e. The Kier molecular flexibility index (Phi) is 3.86. The van der Waals surface area contributed by atoms with Gasteiger partial charge in [-0.3, -0.25) is 4.79 Å². The minimum atomic E-state index is -0.965. The zero-order valence-electron chi connectivity index (χ0n) is 11.2. The SMILES string of the molecule is CCOC(=O)C1C(O)CC(C)(C)N([O])C1(C)C. The van der Waals surface area contributed by atoms with Crippen LogP contribution in [0.1, 0.15) is 41.0 Å². The van der Waals surface area contributed by atoms with Gasteiger partial charge >= 0.3 is 5.97 Å². The molecular formula is C12H22NO4. The number of nitrogens with zero attached hydrogens (tertiary/aromatic N) is 1. The average molecular weight is 244 g/mol. The first-order chi connectivity index (χ1) is 7.64. The van der Waals surface area contributed by atoms with Crippen LogP contribution in [0.15, 0.2) is 0 Å². The monoisotopic (exact) mass is 244 g/mol. The molecule has 1 aliphatic heterocycles. The van der Waals surface area contributed by atoms with Gasteiger partial charge < -0.3 is 9.84 Å². The fourth-order valence-electron chi connectivity index (χ4n) is 2.77. The van der Waals surface area contributed by atoms with Crippen molar-refractivity contribution in [2.75, 3.05) is 6.61 Å². The first-order valence-corrected chi connectivity index (χ1v) is 5.96. The first kappa shape index (κ1) is 14.4. The van der Waals surface area contributed by atoms with Crippen molar-refractivity contribution in [2.24, 2.45) is 5.92 Å². The molecule has 17 heavy (non-hydrogen) atoms. The second kappa shape index (κ2) is 4.55. The molecule has 0 aromatic heterocycles. The summed E-state index contributed by atoms with van der Waals surface area (Å²) in [6, 6.07) is 0. The smallest absolute Gasteiger partial charge is 0.313 e. The van der Waals surface area contributed by atoms with Gasteiger partial charge in [0, 0.05) is 5.54 Å². The normalized spacial score (nSPS) is 32.2. The lowest BCUT2D eigenvalue weighted by molar-refractivity contribution is -0.313. The number of aliphatic hydroxyl groups is 1. The van der Waals surface area contributed by atoms with E-state index in [1.165, 1.54) is 0 Å². The van der Waals surface area contributed by atoms with Crippen LogP contribution in [0.5, 0.6) is 0 Å². The molecule has 2 unspecified atom stereocenters. The van der Waals surface area contributed by atoms with Crippen LogP contribution >= 0.6 is 0 Å². The quantitative estimate of drug-likeness (QED) is 0.739. The molecule has 1 N–H and O–H groups in total. The van der Waals surface area contributed by atoms with Gasteiger partial charge in [0.1, 0.15) is 5.92 Å². The van der Waals surface area contributed by atoms with Crippen molar-refractivity contribution in [3.63, 3.8) is 0 Å². The van der Waals surface area contributed by atoms with Crippen LogP contribution in [0.4, 0.5) is 0 Å². The Bertz CT molecular complexity index is 301. The van der Waals surface area contributed by atoms with Gasteiger partial charge in [0.15, 0.2) is 0 Å². The number of hydroxylamine groups is 2. The fraction of sp³-hybridized carbons (Fsp3) is 0.917. The molecule has 0 bridgehead atoms. The van der Waals surface area contributed by atoms with Gasteiger partial charge in [0.25, 0.3) is 0 Å². The number of ether oxygens (including phenoxy) is 1. The van der Waals surface area contributed by atoms with Gasteiger partial charge in [0.2, 0.25) is 0 Å². The van der Waals surface area contributed by atoms with E-state index in [0.29, 0.717) is 0 Å². The van der Waals surface area contributed by atoms with Gasteiger partial charge in [-0.1, -0.05) is 0 Å². The van der Waals surface area contributed by atoms with E-state index in [1.54, 1.807) is 34.6 Å². The summed E-state index contributed by atoms with van der Waals surface area (Å²) in [5.41, 5.74) is -1.64. The summed E-state index contributed by atoms with van der Waals surface area (Å²) in [4.78, 5) is 11.8. The topological polar surface area (TPSA) is 69.7 Å². The summed E-state index contributed by atoms with van der Waals surface area (Å²) in [6.07, 6.45) is -0.576. The van der Waals surface area contributed by atoms with Crippen LogP contribution in [0.3, 0.4) is 0 Å². The van der Waals surface area contributed by atoms with E-state index in [4.69, 9.17) is 4.74 Å². The molecule has 0 spiro atoms. The lowest BCUT2D eigenvalue weighted by atomic mass is 9.72. The van der Waals surface area contributed by atoms with E-state index in [2.05, 4.69) is 0 Å². The van der Waals surface area contributed by atoms with Gasteiger partial charge in [-0.2, -0.15) is 0 Å². The number of piperidine rings is 1. The molecule has 0 aromatic carbocycles. The van der Waals surface area contributed by atoms with Gasteiger partial charge in [0.05, 0.1) is 18.2 Å². The number of aliphatic hydroxyl groups excluding tert-OH is 1. The second-order valence-electron chi connectivity index (χ2n) is 5.76. The second-order valence-corrected chi connectivity index (χ2v) is 5.76. The maximum absolute atomic E-state index is 12.2. The molecule has 1 rings (SSSR count). The van der Waals surface area contributed by atoms with Crippen LogP contribution in [-0.4, -0.2) is 39.9 Å². The predicted octanol–water partition coefficient (Wildman–Crippen LogP) is 1.13. The summed E-state index contributed by atoms with van der Waals surface area (Å²) in [5, 5.41) is 23.2. The Hall–Kier alpha value is -0.650. The summed E-state index contributed by atoms with van der Waals surface area (Å²) < 4.78 is 4.94. The molecule has 0 saturated carbocycles. The highest BCUT2D eigenvalue weighted by atomic mass is 16.5. The Morgan fingerprint density at radius 3 is 2.41 bits per heavy atom. The van der Waals surface area contributed by atoms with Gasteiger partial charge in [-0.25, -0.2) is 0 Å². The zero-order chi connectivity index (χ0) is 13.4. The molecule has 1 saturated heterocycles. The number of esters is 1. The molecule has 0 amide bonds. The summed E-state index contributed by atoms with van der Waals surface area (Å²) in [6.45, 7) is 8.84. The van der Waals surface area contributed by atoms with E-state index in [0.717, 1.165) is 5.06 Å². The van der Waals surface area contributed by atoms with Crippen molar-refractivity contribution in [2.45, 2.75) is 58.2 Å². The zero-order valence-corrected chi connectivity index (χ0v) is 11.2. The summed E-state index contributed by atoms with van der Waals surface area (Å²) in [5.74, 6) is -1.30. The first-order valence-electron chi connectivity index (χ1n) is 5.96. The standard InChI is InChI=1S/C12H22NO4/c1-6-17-10(15)9-8(14)7-11(2,3)13(16)12(9,4)5/h8-9,14H,6-7H2,1-5H3. The molecule has 99 valence electrons. The number of hydrogen-bond acceptors (Lipinski definition) is 4. The number of rotatable bonds is 2. The molecule has 5 heteroatoms. The number of carbonyl (C=O) groups excluding carboxylic acids is 1. The van der Waals surface area contributed by atoms with Crippen LogP contribution in [0, 0.1) is 5.92 Å². The third-order valence-corrected chi connectivity index (χ3v) is 3.47. The molecule has 1 aliphatic rings. The highest BCUT2D eigenvalue weighted by Gasteiger charge is 2.55. The van der Waals surface area contributed by atoms with Crippen molar-refractivity contribution < 1.29 is 19.8 Å². The van der Waals surface area contributed by atoms with Crippen LogP contribution < -0.4 is 0 Å². The van der Waals surface area contributed by atoms with E-state index < -0.39 is 29.1 Å². The third kappa shape index (κ3) is 2.46. The van der Waals surface area contributed by atoms with E-state index in [-0.39, 0.29) is 13.0 Å². The van der Waals surface area contributed by atoms with Gasteiger partial charge in [-0.15, -0.1) is 10.3 Å². The van der Waals surface area contributed by atoms with E-state index >= 15 is 0 Å². The van der Waals surface area contributed by atoms with E-state index in [9.17, 15) is 15.1 Å². The lowest BCUT2D eigenvalue weighted by Gasteiger charge is -2.52. The van der Waals surface area contributed by atoms with Crippen LogP contribution in [0.25, 0.3) is 0 Å². The summed E-state index contributed by atoms with van der Waals surface area (Å²) in [7, 11) is 0. The third-order valence-electron chi connectivity index (χ3n) is 3.47. The number of carbonyl (C=O) groups is 1. The van der Waals surface area contributed by atoms with Crippen LogP contribution in [0.2, 0.25) is 0 Å². The molecule has 1 fully saturated rings. The highest BCUT2D eigenvalue weighted by Crippen LogP contribution is 2.41. The Morgan fingerprint density at radius 1 is 1.41 bits per heavy atom. The Balaban J connectivity index is 3.02. The van der Waals surface area contributed by atoms with Crippen molar-refractivity contribution in [1.29, 1.82) is 0 Å². The summed E-state index contributed by atoms with van der Waals surface area (Å²) >= 11 is 0. The molecule has 0 aliphatic carbocycles. The Labute approximate surface area is 102 Å². The molecule has 5 nitrogen and oxygen atoms in total. The maximum atomic E-state index is 12.2.